The molecule has 2 unspecified atom stereocenters. The fourth-order valence-corrected chi connectivity index (χ4v) is 4.89. The first kappa shape index (κ1) is 20.5. The Morgan fingerprint density at radius 2 is 1.80 bits per heavy atom. The lowest BCUT2D eigenvalue weighted by Crippen LogP contribution is -2.38. The smallest absolute Gasteiger partial charge is 0.338 e. The summed E-state index contributed by atoms with van der Waals surface area (Å²) in [5.74, 6) is 0.255. The van der Waals surface area contributed by atoms with E-state index in [1.54, 1.807) is 0 Å². The van der Waals surface area contributed by atoms with Crippen LogP contribution in [0.3, 0.4) is 0 Å². The first-order valence-electron chi connectivity index (χ1n) is 11.2. The molecular weight excluding hydrogens is 370 g/mol. The SMILES string of the molecule is CCOC(=O)c1cccc(C2CCCC(N(CC)c3ccc4ccccc4c3)C2)c1. The van der Waals surface area contributed by atoms with Crippen LogP contribution in [0.1, 0.15) is 61.4 Å². The zero-order valence-electron chi connectivity index (χ0n) is 18.0. The van der Waals surface area contributed by atoms with Gasteiger partial charge in [0.05, 0.1) is 12.2 Å². The Labute approximate surface area is 179 Å². The van der Waals surface area contributed by atoms with Crippen molar-refractivity contribution >= 4 is 22.4 Å². The lowest BCUT2D eigenvalue weighted by molar-refractivity contribution is 0.0526. The minimum absolute atomic E-state index is 0.224. The highest BCUT2D eigenvalue weighted by molar-refractivity contribution is 5.89. The maximum atomic E-state index is 12.2. The van der Waals surface area contributed by atoms with Gasteiger partial charge in [-0.25, -0.2) is 4.79 Å². The highest BCUT2D eigenvalue weighted by Gasteiger charge is 2.27. The molecular formula is C27H31NO2. The van der Waals surface area contributed by atoms with Crippen LogP contribution in [-0.4, -0.2) is 25.2 Å². The minimum Gasteiger partial charge on any atom is -0.462 e. The van der Waals surface area contributed by atoms with E-state index in [9.17, 15) is 4.79 Å². The van der Waals surface area contributed by atoms with Gasteiger partial charge in [-0.1, -0.05) is 48.9 Å². The van der Waals surface area contributed by atoms with Crippen molar-refractivity contribution in [3.05, 3.63) is 77.9 Å². The van der Waals surface area contributed by atoms with Crippen molar-refractivity contribution in [3.8, 4) is 0 Å². The third-order valence-corrected chi connectivity index (χ3v) is 6.36. The number of anilines is 1. The van der Waals surface area contributed by atoms with Crippen molar-refractivity contribution in [2.24, 2.45) is 0 Å². The molecule has 2 atom stereocenters. The first-order valence-corrected chi connectivity index (χ1v) is 11.2. The molecule has 1 aliphatic carbocycles. The lowest BCUT2D eigenvalue weighted by atomic mass is 9.80. The van der Waals surface area contributed by atoms with Crippen LogP contribution in [0.4, 0.5) is 5.69 Å². The van der Waals surface area contributed by atoms with Gasteiger partial charge in [0.25, 0.3) is 0 Å². The maximum Gasteiger partial charge on any atom is 0.338 e. The monoisotopic (exact) mass is 401 g/mol. The van der Waals surface area contributed by atoms with Crippen LogP contribution >= 0.6 is 0 Å². The van der Waals surface area contributed by atoms with Gasteiger partial charge in [0.1, 0.15) is 0 Å². The summed E-state index contributed by atoms with van der Waals surface area (Å²) in [6.07, 6.45) is 4.72. The van der Waals surface area contributed by atoms with E-state index < -0.39 is 0 Å². The van der Waals surface area contributed by atoms with Gasteiger partial charge in [-0.05, 0) is 79.6 Å². The van der Waals surface area contributed by atoms with Crippen LogP contribution in [0.2, 0.25) is 0 Å². The normalized spacial score (nSPS) is 18.9. The summed E-state index contributed by atoms with van der Waals surface area (Å²) in [7, 11) is 0. The quantitative estimate of drug-likeness (QED) is 0.438. The fourth-order valence-electron chi connectivity index (χ4n) is 4.89. The number of carbonyl (C=O) groups excluding carboxylic acids is 1. The van der Waals surface area contributed by atoms with Crippen LogP contribution < -0.4 is 4.90 Å². The molecule has 3 aromatic carbocycles. The standard InChI is InChI=1S/C27H31NO2/c1-3-28(26-16-15-20-9-5-6-10-22(20)18-26)25-14-8-12-23(19-25)21-11-7-13-24(17-21)27(29)30-4-2/h5-7,9-11,13,15-18,23,25H,3-4,8,12,14,19H2,1-2H3. The van der Waals surface area contributed by atoms with Crippen molar-refractivity contribution in [1.29, 1.82) is 0 Å². The van der Waals surface area contributed by atoms with Crippen LogP contribution in [-0.2, 0) is 4.74 Å². The van der Waals surface area contributed by atoms with E-state index >= 15 is 0 Å². The molecule has 156 valence electrons. The number of benzene rings is 3. The van der Waals surface area contributed by atoms with E-state index in [1.165, 1.54) is 41.3 Å². The van der Waals surface area contributed by atoms with E-state index in [2.05, 4.69) is 60.4 Å². The summed E-state index contributed by atoms with van der Waals surface area (Å²) in [6.45, 7) is 5.50. The molecule has 0 aliphatic heterocycles. The zero-order valence-corrected chi connectivity index (χ0v) is 18.0. The molecule has 3 heteroatoms. The van der Waals surface area contributed by atoms with Crippen LogP contribution in [0.15, 0.2) is 66.7 Å². The molecule has 0 radical (unpaired) electrons. The van der Waals surface area contributed by atoms with E-state index in [0.717, 1.165) is 13.0 Å². The average Bonchev–Trinajstić information content (AvgIpc) is 2.80. The van der Waals surface area contributed by atoms with E-state index in [1.807, 2.05) is 25.1 Å². The number of carbonyl (C=O) groups is 1. The molecule has 4 rings (SSSR count). The molecule has 1 saturated carbocycles. The van der Waals surface area contributed by atoms with Crippen molar-refractivity contribution < 1.29 is 9.53 Å². The second kappa shape index (κ2) is 9.34. The molecule has 0 N–H and O–H groups in total. The Hall–Kier alpha value is -2.81. The van der Waals surface area contributed by atoms with Gasteiger partial charge >= 0.3 is 5.97 Å². The van der Waals surface area contributed by atoms with Crippen molar-refractivity contribution in [3.63, 3.8) is 0 Å². The summed E-state index contributed by atoms with van der Waals surface area (Å²) in [6, 6.07) is 23.9. The van der Waals surface area contributed by atoms with Gasteiger partial charge in [0.2, 0.25) is 0 Å². The molecule has 0 spiro atoms. The first-order chi connectivity index (χ1) is 14.7. The predicted molar refractivity (Wildman–Crippen MR) is 124 cm³/mol. The number of fused-ring (bicyclic) bond motifs is 1. The number of ether oxygens (including phenoxy) is 1. The fraction of sp³-hybridized carbons (Fsp3) is 0.370. The number of rotatable bonds is 6. The second-order valence-corrected chi connectivity index (χ2v) is 8.18. The van der Waals surface area contributed by atoms with Gasteiger partial charge in [-0.15, -0.1) is 0 Å². The highest BCUT2D eigenvalue weighted by Crippen LogP contribution is 2.37. The Kier molecular flexibility index (Phi) is 6.37. The third-order valence-electron chi connectivity index (χ3n) is 6.36. The maximum absolute atomic E-state index is 12.2. The Bertz CT molecular complexity index is 1010. The van der Waals surface area contributed by atoms with Crippen molar-refractivity contribution in [2.45, 2.75) is 51.5 Å². The average molecular weight is 402 g/mol. The number of esters is 1. The third kappa shape index (κ3) is 4.35. The van der Waals surface area contributed by atoms with Gasteiger partial charge in [0, 0.05) is 18.3 Å². The topological polar surface area (TPSA) is 29.5 Å². The van der Waals surface area contributed by atoms with Gasteiger partial charge in [0.15, 0.2) is 0 Å². The summed E-state index contributed by atoms with van der Waals surface area (Å²) >= 11 is 0. The second-order valence-electron chi connectivity index (χ2n) is 8.18. The molecule has 3 nitrogen and oxygen atoms in total. The molecule has 1 fully saturated rings. The molecule has 0 bridgehead atoms. The van der Waals surface area contributed by atoms with Crippen LogP contribution in [0, 0.1) is 0 Å². The molecule has 0 saturated heterocycles. The Morgan fingerprint density at radius 3 is 2.60 bits per heavy atom. The molecule has 0 aromatic heterocycles. The van der Waals surface area contributed by atoms with E-state index in [-0.39, 0.29) is 5.97 Å². The van der Waals surface area contributed by atoms with Crippen LogP contribution in [0.5, 0.6) is 0 Å². The van der Waals surface area contributed by atoms with Crippen LogP contribution in [0.25, 0.3) is 10.8 Å². The van der Waals surface area contributed by atoms with E-state index in [0.29, 0.717) is 24.1 Å². The van der Waals surface area contributed by atoms with Crippen molar-refractivity contribution in [1.82, 2.24) is 0 Å². The van der Waals surface area contributed by atoms with Crippen molar-refractivity contribution in [2.75, 3.05) is 18.1 Å². The predicted octanol–water partition coefficient (Wildman–Crippen LogP) is 6.57. The van der Waals surface area contributed by atoms with E-state index in [4.69, 9.17) is 4.74 Å². The summed E-state index contributed by atoms with van der Waals surface area (Å²) < 4.78 is 5.19. The highest BCUT2D eigenvalue weighted by atomic mass is 16.5. The molecule has 3 aromatic rings. The molecule has 1 aliphatic rings. The number of nitrogens with zero attached hydrogens (tertiary/aromatic N) is 1. The lowest BCUT2D eigenvalue weighted by Gasteiger charge is -2.39. The number of hydrogen-bond donors (Lipinski definition) is 0. The molecule has 0 heterocycles. The summed E-state index contributed by atoms with van der Waals surface area (Å²) in [5.41, 5.74) is 3.24. The largest absolute Gasteiger partial charge is 0.462 e. The van der Waals surface area contributed by atoms with Gasteiger partial charge in [-0.2, -0.15) is 0 Å². The number of hydrogen-bond acceptors (Lipinski definition) is 3. The Balaban J connectivity index is 1.55. The van der Waals surface area contributed by atoms with Gasteiger partial charge in [-0.3, -0.25) is 0 Å². The zero-order chi connectivity index (χ0) is 20.9. The summed E-state index contributed by atoms with van der Waals surface area (Å²) in [5, 5.41) is 2.58. The molecule has 0 amide bonds. The molecule has 30 heavy (non-hydrogen) atoms. The van der Waals surface area contributed by atoms with Gasteiger partial charge < -0.3 is 9.64 Å². The Morgan fingerprint density at radius 1 is 0.967 bits per heavy atom. The summed E-state index contributed by atoms with van der Waals surface area (Å²) in [4.78, 5) is 14.7. The minimum atomic E-state index is -0.224.